The van der Waals surface area contributed by atoms with Crippen molar-refractivity contribution in [3.63, 3.8) is 0 Å². The summed E-state index contributed by atoms with van der Waals surface area (Å²) in [6.07, 6.45) is 0.0256. The number of esters is 3. The molecule has 0 atom stereocenters. The molecule has 0 aliphatic rings. The molecule has 0 spiro atoms. The van der Waals surface area contributed by atoms with Gasteiger partial charge in [-0.1, -0.05) is 0 Å². The van der Waals surface area contributed by atoms with Gasteiger partial charge in [-0.25, -0.2) is 0 Å². The van der Waals surface area contributed by atoms with Gasteiger partial charge in [0.15, 0.2) is 0 Å². The zero-order valence-electron chi connectivity index (χ0n) is 12.1. The fourth-order valence-electron chi connectivity index (χ4n) is 1.26. The molecule has 6 heteroatoms. The Morgan fingerprint density at radius 3 is 1.68 bits per heavy atom. The molecule has 6 nitrogen and oxygen atoms in total. The van der Waals surface area contributed by atoms with Gasteiger partial charge in [0.05, 0.1) is 19.6 Å². The maximum atomic E-state index is 11.7. The molecule has 110 valence electrons. The van der Waals surface area contributed by atoms with E-state index in [0.717, 1.165) is 0 Å². The predicted octanol–water partition coefficient (Wildman–Crippen LogP) is 1.46. The van der Waals surface area contributed by atoms with E-state index in [-0.39, 0.29) is 19.6 Å². The number of ether oxygens (including phenoxy) is 3. The monoisotopic (exact) mass is 274 g/mol. The van der Waals surface area contributed by atoms with Crippen LogP contribution in [0.15, 0.2) is 0 Å². The van der Waals surface area contributed by atoms with Gasteiger partial charge < -0.3 is 14.2 Å². The lowest BCUT2D eigenvalue weighted by Gasteiger charge is -2.22. The van der Waals surface area contributed by atoms with Crippen LogP contribution in [0.4, 0.5) is 0 Å². The van der Waals surface area contributed by atoms with Crippen LogP contribution in [0.25, 0.3) is 0 Å². The van der Waals surface area contributed by atoms with E-state index in [2.05, 4.69) is 0 Å². The lowest BCUT2D eigenvalue weighted by atomic mass is 10.1. The number of rotatable bonds is 6. The Morgan fingerprint density at radius 2 is 1.37 bits per heavy atom. The second kappa shape index (κ2) is 7.76. The van der Waals surface area contributed by atoms with Crippen molar-refractivity contribution in [2.45, 2.75) is 46.6 Å². The largest absolute Gasteiger partial charge is 0.465 e. The molecule has 0 saturated carbocycles. The van der Waals surface area contributed by atoms with Crippen LogP contribution in [0.1, 0.15) is 41.0 Å². The molecule has 0 bridgehead atoms. The highest BCUT2D eigenvalue weighted by atomic mass is 16.6. The Bertz CT molecular complexity index is 311. The molecule has 0 heterocycles. The number of carbonyl (C=O) groups is 3. The first kappa shape index (κ1) is 17.4. The lowest BCUT2D eigenvalue weighted by Crippen LogP contribution is -2.28. The van der Waals surface area contributed by atoms with E-state index in [1.54, 1.807) is 20.8 Å². The van der Waals surface area contributed by atoms with Crippen molar-refractivity contribution in [1.82, 2.24) is 0 Å². The highest BCUT2D eigenvalue weighted by Crippen LogP contribution is 2.13. The van der Waals surface area contributed by atoms with E-state index in [4.69, 9.17) is 14.2 Å². The Morgan fingerprint density at radius 1 is 0.947 bits per heavy atom. The topological polar surface area (TPSA) is 78.9 Å². The molecular weight excluding hydrogens is 252 g/mol. The SMILES string of the molecule is CC(=O)OCC(COC(C)=O)CC(=O)OC(C)(C)C. The summed E-state index contributed by atoms with van der Waals surface area (Å²) in [6.45, 7) is 7.87. The van der Waals surface area contributed by atoms with Crippen LogP contribution in [0.5, 0.6) is 0 Å². The number of hydrogen-bond donors (Lipinski definition) is 0. The average Bonchev–Trinajstić information content (AvgIpc) is 2.18. The van der Waals surface area contributed by atoms with Crippen LogP contribution >= 0.6 is 0 Å². The normalized spacial score (nSPS) is 11.1. The number of carbonyl (C=O) groups excluding carboxylic acids is 3. The summed E-state index contributed by atoms with van der Waals surface area (Å²) in [5, 5.41) is 0. The summed E-state index contributed by atoms with van der Waals surface area (Å²) < 4.78 is 14.8. The summed E-state index contributed by atoms with van der Waals surface area (Å²) in [5.41, 5.74) is -0.579. The van der Waals surface area contributed by atoms with Crippen molar-refractivity contribution in [1.29, 1.82) is 0 Å². The third-order valence-corrected chi connectivity index (χ3v) is 1.92. The van der Waals surface area contributed by atoms with E-state index in [1.165, 1.54) is 13.8 Å². The third-order valence-electron chi connectivity index (χ3n) is 1.92. The summed E-state index contributed by atoms with van der Waals surface area (Å²) in [7, 11) is 0. The maximum absolute atomic E-state index is 11.7. The minimum absolute atomic E-state index is 0.0157. The van der Waals surface area contributed by atoms with Gasteiger partial charge in [0.2, 0.25) is 0 Å². The van der Waals surface area contributed by atoms with Gasteiger partial charge in [-0.3, -0.25) is 14.4 Å². The fraction of sp³-hybridized carbons (Fsp3) is 0.769. The molecule has 0 N–H and O–H groups in total. The molecule has 0 aromatic carbocycles. The predicted molar refractivity (Wildman–Crippen MR) is 67.2 cm³/mol. The van der Waals surface area contributed by atoms with Gasteiger partial charge in [0.25, 0.3) is 0 Å². The molecule has 0 rings (SSSR count). The lowest BCUT2D eigenvalue weighted by molar-refractivity contribution is -0.160. The van der Waals surface area contributed by atoms with Gasteiger partial charge >= 0.3 is 17.9 Å². The van der Waals surface area contributed by atoms with E-state index in [9.17, 15) is 14.4 Å². The van der Waals surface area contributed by atoms with Crippen LogP contribution in [-0.2, 0) is 28.6 Å². The van der Waals surface area contributed by atoms with Crippen LogP contribution in [0.3, 0.4) is 0 Å². The van der Waals surface area contributed by atoms with E-state index >= 15 is 0 Å². The van der Waals surface area contributed by atoms with Crippen molar-refractivity contribution in [3.8, 4) is 0 Å². The van der Waals surface area contributed by atoms with Crippen LogP contribution in [0.2, 0.25) is 0 Å². The smallest absolute Gasteiger partial charge is 0.306 e. The minimum atomic E-state index is -0.579. The Hall–Kier alpha value is -1.59. The zero-order chi connectivity index (χ0) is 15.1. The Balaban J connectivity index is 4.34. The van der Waals surface area contributed by atoms with E-state index in [0.29, 0.717) is 0 Å². The first-order chi connectivity index (χ1) is 8.60. The van der Waals surface area contributed by atoms with Crippen LogP contribution < -0.4 is 0 Å². The average molecular weight is 274 g/mol. The van der Waals surface area contributed by atoms with Crippen LogP contribution in [0, 0.1) is 5.92 Å². The van der Waals surface area contributed by atoms with Gasteiger partial charge in [0.1, 0.15) is 5.60 Å². The quantitative estimate of drug-likeness (QED) is 0.539. The minimum Gasteiger partial charge on any atom is -0.465 e. The summed E-state index contributed by atoms with van der Waals surface area (Å²) in [5.74, 6) is -1.71. The summed E-state index contributed by atoms with van der Waals surface area (Å²) >= 11 is 0. The highest BCUT2D eigenvalue weighted by molar-refractivity contribution is 5.70. The van der Waals surface area contributed by atoms with Gasteiger partial charge in [-0.2, -0.15) is 0 Å². The molecule has 0 aliphatic carbocycles. The summed E-state index contributed by atoms with van der Waals surface area (Å²) in [6, 6.07) is 0. The molecule has 0 aromatic heterocycles. The molecular formula is C13H22O6. The van der Waals surface area contributed by atoms with E-state index < -0.39 is 29.4 Å². The third kappa shape index (κ3) is 11.2. The van der Waals surface area contributed by atoms with Crippen molar-refractivity contribution in [2.75, 3.05) is 13.2 Å². The molecule has 0 fully saturated rings. The van der Waals surface area contributed by atoms with Gasteiger partial charge in [-0.05, 0) is 20.8 Å². The first-order valence-electron chi connectivity index (χ1n) is 6.08. The fourth-order valence-corrected chi connectivity index (χ4v) is 1.26. The standard InChI is InChI=1S/C13H22O6/c1-9(14)17-7-11(8-18-10(2)15)6-12(16)19-13(3,4)5/h11H,6-8H2,1-5H3. The van der Waals surface area contributed by atoms with Gasteiger partial charge in [0, 0.05) is 19.8 Å². The zero-order valence-corrected chi connectivity index (χ0v) is 12.1. The molecule has 0 saturated heterocycles. The first-order valence-corrected chi connectivity index (χ1v) is 6.08. The second-order valence-corrected chi connectivity index (χ2v) is 5.26. The molecule has 0 amide bonds. The number of hydrogen-bond acceptors (Lipinski definition) is 6. The molecule has 0 unspecified atom stereocenters. The van der Waals surface area contributed by atoms with Crippen molar-refractivity contribution in [3.05, 3.63) is 0 Å². The van der Waals surface area contributed by atoms with E-state index in [1.807, 2.05) is 0 Å². The van der Waals surface area contributed by atoms with Crippen LogP contribution in [-0.4, -0.2) is 36.7 Å². The Labute approximate surface area is 113 Å². The van der Waals surface area contributed by atoms with Crippen molar-refractivity contribution >= 4 is 17.9 Å². The molecule has 19 heavy (non-hydrogen) atoms. The molecule has 0 radical (unpaired) electrons. The van der Waals surface area contributed by atoms with Crippen molar-refractivity contribution < 1.29 is 28.6 Å². The summed E-state index contributed by atoms with van der Waals surface area (Å²) in [4.78, 5) is 33.2. The van der Waals surface area contributed by atoms with Gasteiger partial charge in [-0.15, -0.1) is 0 Å². The maximum Gasteiger partial charge on any atom is 0.306 e. The second-order valence-electron chi connectivity index (χ2n) is 5.26. The Kier molecular flexibility index (Phi) is 7.11. The molecule has 0 aromatic rings. The highest BCUT2D eigenvalue weighted by Gasteiger charge is 2.22. The van der Waals surface area contributed by atoms with Crippen molar-refractivity contribution in [2.24, 2.45) is 5.92 Å². The molecule has 0 aliphatic heterocycles.